The van der Waals surface area contributed by atoms with Crippen LogP contribution in [0.4, 0.5) is 13.2 Å². The number of ether oxygens (including phenoxy) is 3. The summed E-state index contributed by atoms with van der Waals surface area (Å²) >= 11 is 0. The lowest BCUT2D eigenvalue weighted by molar-refractivity contribution is -0.164. The van der Waals surface area contributed by atoms with Crippen molar-refractivity contribution in [2.75, 3.05) is 19.8 Å². The maximum Gasteiger partial charge on any atom is 0.431 e. The molecular formula is C23H25F3N2O5. The quantitative estimate of drug-likeness (QED) is 0.678. The van der Waals surface area contributed by atoms with E-state index in [1.807, 2.05) is 0 Å². The first-order valence-corrected chi connectivity index (χ1v) is 10.8. The number of rotatable bonds is 6. The minimum absolute atomic E-state index is 0.0673. The Kier molecular flexibility index (Phi) is 6.76. The van der Waals surface area contributed by atoms with Gasteiger partial charge in [-0.3, -0.25) is 9.59 Å². The van der Waals surface area contributed by atoms with E-state index in [9.17, 15) is 22.8 Å². The normalized spacial score (nSPS) is 21.8. The second kappa shape index (κ2) is 9.56. The van der Waals surface area contributed by atoms with Crippen LogP contribution in [0.3, 0.4) is 0 Å². The van der Waals surface area contributed by atoms with E-state index in [4.69, 9.17) is 19.9 Å². The molecular weight excluding hydrogens is 441 g/mol. The zero-order valence-electron chi connectivity index (χ0n) is 17.8. The first kappa shape index (κ1) is 23.3. The molecule has 0 bridgehead atoms. The Bertz CT molecular complexity index is 1050. The van der Waals surface area contributed by atoms with Gasteiger partial charge < -0.3 is 24.9 Å². The zero-order chi connectivity index (χ0) is 23.6. The average molecular weight is 466 g/mol. The van der Waals surface area contributed by atoms with E-state index in [2.05, 4.69) is 0 Å². The second-order valence-electron chi connectivity index (χ2n) is 8.38. The van der Waals surface area contributed by atoms with Crippen LogP contribution in [0.15, 0.2) is 35.1 Å². The Hall–Kier alpha value is -2.85. The molecule has 178 valence electrons. The van der Waals surface area contributed by atoms with Crippen LogP contribution in [-0.2, 0) is 15.7 Å². The van der Waals surface area contributed by atoms with Crippen LogP contribution in [0.25, 0.3) is 11.1 Å². The topological polar surface area (TPSA) is 104 Å². The Balaban J connectivity index is 1.47. The number of H-pyrrole nitrogens is 1. The van der Waals surface area contributed by atoms with Crippen molar-refractivity contribution in [2.45, 2.75) is 44.1 Å². The number of benzene rings is 1. The lowest BCUT2D eigenvalue weighted by Gasteiger charge is -2.33. The highest BCUT2D eigenvalue weighted by Gasteiger charge is 2.36. The van der Waals surface area contributed by atoms with Gasteiger partial charge in [0.1, 0.15) is 29.7 Å². The largest absolute Gasteiger partial charge is 0.491 e. The summed E-state index contributed by atoms with van der Waals surface area (Å²) in [5.41, 5.74) is 1.92. The molecule has 3 N–H and O–H groups in total. The predicted octanol–water partition coefficient (Wildman–Crippen LogP) is 3.51. The number of nitrogens with two attached hydrogens (primary N) is 1. The highest BCUT2D eigenvalue weighted by Crippen LogP contribution is 2.36. The molecule has 2 aliphatic rings. The van der Waals surface area contributed by atoms with Crippen molar-refractivity contribution in [1.29, 1.82) is 0 Å². The summed E-state index contributed by atoms with van der Waals surface area (Å²) in [6.45, 7) is 1.26. The minimum atomic E-state index is -4.83. The van der Waals surface area contributed by atoms with Crippen molar-refractivity contribution in [3.05, 3.63) is 51.9 Å². The third-order valence-electron chi connectivity index (χ3n) is 6.07. The summed E-state index contributed by atoms with van der Waals surface area (Å²) in [5, 5.41) is 0. The van der Waals surface area contributed by atoms with Gasteiger partial charge in [0.05, 0.1) is 19.3 Å². The van der Waals surface area contributed by atoms with Crippen LogP contribution in [-0.4, -0.2) is 42.9 Å². The van der Waals surface area contributed by atoms with Crippen molar-refractivity contribution in [2.24, 2.45) is 11.7 Å². The van der Waals surface area contributed by atoms with Gasteiger partial charge in [-0.25, -0.2) is 0 Å². The minimum Gasteiger partial charge on any atom is -0.491 e. The number of hydrogen-bond donors (Lipinski definition) is 2. The molecule has 1 aromatic heterocycles. The number of aromatic nitrogens is 1. The summed E-state index contributed by atoms with van der Waals surface area (Å²) in [6.07, 6.45) is -0.269. The van der Waals surface area contributed by atoms with Gasteiger partial charge in [-0.2, -0.15) is 13.2 Å². The van der Waals surface area contributed by atoms with Gasteiger partial charge in [0.25, 0.3) is 11.5 Å². The molecule has 7 nitrogen and oxygen atoms in total. The number of hydrogen-bond acceptors (Lipinski definition) is 5. The molecule has 4 rings (SSSR count). The molecule has 10 heteroatoms. The van der Waals surface area contributed by atoms with Crippen molar-refractivity contribution >= 4 is 5.91 Å². The number of primary amides is 1. The summed E-state index contributed by atoms with van der Waals surface area (Å²) in [5.74, 6) is -0.159. The van der Waals surface area contributed by atoms with E-state index >= 15 is 0 Å². The summed E-state index contributed by atoms with van der Waals surface area (Å²) in [4.78, 5) is 25.0. The van der Waals surface area contributed by atoms with E-state index in [1.54, 1.807) is 4.98 Å². The molecule has 1 aliphatic carbocycles. The smallest absolute Gasteiger partial charge is 0.431 e. The highest BCUT2D eigenvalue weighted by molar-refractivity contribution is 5.94. The van der Waals surface area contributed by atoms with Gasteiger partial charge in [-0.1, -0.05) is 25.0 Å². The van der Waals surface area contributed by atoms with Crippen LogP contribution >= 0.6 is 0 Å². The van der Waals surface area contributed by atoms with Crippen LogP contribution in [0.1, 0.15) is 41.7 Å². The fourth-order valence-electron chi connectivity index (χ4n) is 4.39. The summed E-state index contributed by atoms with van der Waals surface area (Å²) in [7, 11) is 0. The Labute approximate surface area is 188 Å². The molecule has 1 saturated heterocycles. The molecule has 0 radical (unpaired) electrons. The van der Waals surface area contributed by atoms with Gasteiger partial charge in [-0.15, -0.1) is 0 Å². The molecule has 2 aromatic rings. The molecule has 1 unspecified atom stereocenters. The molecule has 1 amide bonds. The van der Waals surface area contributed by atoms with E-state index in [-0.39, 0.29) is 29.9 Å². The van der Waals surface area contributed by atoms with Crippen molar-refractivity contribution < 1.29 is 32.2 Å². The first-order valence-electron chi connectivity index (χ1n) is 10.8. The lowest BCUT2D eigenvalue weighted by atomic mass is 10.0. The standard InChI is InChI=1S/C23H25F3N2O5/c24-23(25,26)20-17(9-18(21(27)29)22(30)28-20)13-5-7-15(8-6-13)32-11-16-10-31-12-19(33-16)14-3-1-2-4-14/h5-9,14,16,19H,1-4,10-12H2,(H2,27,29)(H,28,30)/t16?,19-/m1/s1. The van der Waals surface area contributed by atoms with E-state index in [1.165, 1.54) is 37.1 Å². The zero-order valence-corrected chi connectivity index (χ0v) is 17.8. The molecule has 2 fully saturated rings. The van der Waals surface area contributed by atoms with Crippen LogP contribution in [0, 0.1) is 5.92 Å². The van der Waals surface area contributed by atoms with Crippen molar-refractivity contribution in [3.8, 4) is 16.9 Å². The average Bonchev–Trinajstić information content (AvgIpc) is 3.32. The number of nitrogens with one attached hydrogen (secondary N) is 1. The van der Waals surface area contributed by atoms with Gasteiger partial charge in [0, 0.05) is 5.56 Å². The fourth-order valence-corrected chi connectivity index (χ4v) is 4.39. The second-order valence-corrected chi connectivity index (χ2v) is 8.38. The van der Waals surface area contributed by atoms with Crippen molar-refractivity contribution in [1.82, 2.24) is 4.98 Å². The van der Waals surface area contributed by atoms with E-state index in [0.29, 0.717) is 24.9 Å². The monoisotopic (exact) mass is 466 g/mol. The van der Waals surface area contributed by atoms with E-state index < -0.39 is 28.9 Å². The molecule has 1 aliphatic heterocycles. The number of alkyl halides is 3. The Morgan fingerprint density at radius 2 is 1.85 bits per heavy atom. The van der Waals surface area contributed by atoms with Gasteiger partial charge in [0.2, 0.25) is 0 Å². The Morgan fingerprint density at radius 3 is 2.48 bits per heavy atom. The summed E-state index contributed by atoms with van der Waals surface area (Å²) < 4.78 is 58.0. The number of carbonyl (C=O) groups is 1. The lowest BCUT2D eigenvalue weighted by Crippen LogP contribution is -2.42. The number of carbonyl (C=O) groups excluding carboxylic acids is 1. The van der Waals surface area contributed by atoms with Gasteiger partial charge in [-0.05, 0) is 42.5 Å². The van der Waals surface area contributed by atoms with Crippen LogP contribution in [0.5, 0.6) is 5.75 Å². The van der Waals surface area contributed by atoms with Crippen LogP contribution < -0.4 is 16.0 Å². The Morgan fingerprint density at radius 1 is 1.15 bits per heavy atom. The number of halogens is 3. The molecule has 2 heterocycles. The molecule has 0 spiro atoms. The fraction of sp³-hybridized carbons (Fsp3) is 0.478. The van der Waals surface area contributed by atoms with Crippen molar-refractivity contribution in [3.63, 3.8) is 0 Å². The highest BCUT2D eigenvalue weighted by atomic mass is 19.4. The molecule has 2 atom stereocenters. The third-order valence-corrected chi connectivity index (χ3v) is 6.07. The number of amides is 1. The molecule has 1 saturated carbocycles. The molecule has 33 heavy (non-hydrogen) atoms. The summed E-state index contributed by atoms with van der Waals surface area (Å²) in [6, 6.07) is 6.73. The number of pyridine rings is 1. The maximum atomic E-state index is 13.5. The van der Waals surface area contributed by atoms with Crippen LogP contribution in [0.2, 0.25) is 0 Å². The SMILES string of the molecule is NC(=O)c1cc(-c2ccc(OCC3COC[C@H](C4CCCC4)O3)cc2)c(C(F)(F)F)[nH]c1=O. The first-order chi connectivity index (χ1) is 15.7. The maximum absolute atomic E-state index is 13.5. The molecule has 1 aromatic carbocycles. The third kappa shape index (κ3) is 5.39. The van der Waals surface area contributed by atoms with E-state index in [0.717, 1.165) is 18.9 Å². The number of aromatic amines is 1. The van der Waals surface area contributed by atoms with Gasteiger partial charge >= 0.3 is 6.18 Å². The van der Waals surface area contributed by atoms with Gasteiger partial charge in [0.15, 0.2) is 0 Å². The predicted molar refractivity (Wildman–Crippen MR) is 113 cm³/mol.